The Kier molecular flexibility index (Phi) is 5.76. The molecule has 0 saturated carbocycles. The van der Waals surface area contributed by atoms with Crippen molar-refractivity contribution < 1.29 is 5.11 Å². The van der Waals surface area contributed by atoms with E-state index in [1.807, 2.05) is 32.0 Å². The van der Waals surface area contributed by atoms with E-state index < -0.39 is 0 Å². The Labute approximate surface area is 110 Å². The molecule has 0 fully saturated rings. The number of halogens is 2. The normalized spacial score (nSPS) is 13.1. The van der Waals surface area contributed by atoms with Gasteiger partial charge in [0.25, 0.3) is 0 Å². The predicted molar refractivity (Wildman–Crippen MR) is 71.7 cm³/mol. The van der Waals surface area contributed by atoms with Crippen molar-refractivity contribution in [3.8, 4) is 0 Å². The molecule has 1 unspecified atom stereocenters. The first-order valence-electron chi connectivity index (χ1n) is 5.33. The molecule has 0 aliphatic rings. The largest absolute Gasteiger partial charge is 0.392 e. The molecule has 4 heteroatoms. The fourth-order valence-corrected chi connectivity index (χ4v) is 1.86. The second-order valence-corrected chi connectivity index (χ2v) is 5.50. The summed E-state index contributed by atoms with van der Waals surface area (Å²) in [5.41, 5.74) is 1.03. The van der Waals surface area contributed by atoms with Crippen molar-refractivity contribution in [2.24, 2.45) is 5.92 Å². The Morgan fingerprint density at radius 1 is 1.44 bits per heavy atom. The van der Waals surface area contributed by atoms with E-state index in [9.17, 15) is 5.11 Å². The number of nitrogens with one attached hydrogen (secondary N) is 1. The van der Waals surface area contributed by atoms with Gasteiger partial charge in [0.2, 0.25) is 0 Å². The summed E-state index contributed by atoms with van der Waals surface area (Å²) in [6, 6.07) is 5.76. The summed E-state index contributed by atoms with van der Waals surface area (Å²) in [5.74, 6) is 0.269. The van der Waals surface area contributed by atoms with Gasteiger partial charge in [0.15, 0.2) is 0 Å². The summed E-state index contributed by atoms with van der Waals surface area (Å²) < 4.78 is 1.01. The zero-order valence-corrected chi connectivity index (χ0v) is 11.8. The zero-order chi connectivity index (χ0) is 12.1. The number of rotatable bonds is 5. The Balaban J connectivity index is 2.45. The Morgan fingerprint density at radius 2 is 2.12 bits per heavy atom. The van der Waals surface area contributed by atoms with Crippen LogP contribution in [0.25, 0.3) is 0 Å². The number of hydrogen-bond acceptors (Lipinski definition) is 2. The van der Waals surface area contributed by atoms with Crippen LogP contribution >= 0.6 is 27.5 Å². The van der Waals surface area contributed by atoms with Crippen molar-refractivity contribution in [1.82, 2.24) is 5.32 Å². The second-order valence-electron chi connectivity index (χ2n) is 4.18. The first-order valence-corrected chi connectivity index (χ1v) is 6.50. The van der Waals surface area contributed by atoms with Gasteiger partial charge in [-0.25, -0.2) is 0 Å². The highest BCUT2D eigenvalue weighted by molar-refractivity contribution is 9.10. The van der Waals surface area contributed by atoms with E-state index in [1.165, 1.54) is 0 Å². The highest BCUT2D eigenvalue weighted by Gasteiger charge is 2.08. The first-order chi connectivity index (χ1) is 7.50. The lowest BCUT2D eigenvalue weighted by Crippen LogP contribution is -2.30. The molecule has 0 aliphatic carbocycles. The average Bonchev–Trinajstić information content (AvgIpc) is 2.22. The minimum atomic E-state index is -0.314. The molecule has 1 atom stereocenters. The van der Waals surface area contributed by atoms with Crippen molar-refractivity contribution in [3.63, 3.8) is 0 Å². The minimum absolute atomic E-state index is 0.269. The van der Waals surface area contributed by atoms with Gasteiger partial charge < -0.3 is 10.4 Å². The minimum Gasteiger partial charge on any atom is -0.392 e. The summed E-state index contributed by atoms with van der Waals surface area (Å²) in [4.78, 5) is 0. The third-order valence-electron chi connectivity index (χ3n) is 2.45. The Morgan fingerprint density at radius 3 is 2.75 bits per heavy atom. The Bertz CT molecular complexity index is 344. The van der Waals surface area contributed by atoms with Crippen LogP contribution < -0.4 is 5.32 Å². The quantitative estimate of drug-likeness (QED) is 0.875. The maximum atomic E-state index is 9.62. The number of aliphatic hydroxyl groups excluding tert-OH is 1. The molecule has 1 aromatic carbocycles. The van der Waals surface area contributed by atoms with Gasteiger partial charge in [0, 0.05) is 22.6 Å². The molecule has 0 radical (unpaired) electrons. The van der Waals surface area contributed by atoms with Crippen LogP contribution in [0.4, 0.5) is 0 Å². The highest BCUT2D eigenvalue weighted by Crippen LogP contribution is 2.20. The van der Waals surface area contributed by atoms with Gasteiger partial charge >= 0.3 is 0 Å². The van der Waals surface area contributed by atoms with Crippen molar-refractivity contribution >= 4 is 27.5 Å². The van der Waals surface area contributed by atoms with Crippen LogP contribution in [0.3, 0.4) is 0 Å². The third kappa shape index (κ3) is 4.42. The van der Waals surface area contributed by atoms with E-state index in [4.69, 9.17) is 11.6 Å². The standard InChI is InChI=1S/C12H17BrClNO/c1-8(2)12(16)7-15-6-9-5-10(13)3-4-11(9)14/h3-5,8,12,15-16H,6-7H2,1-2H3. The molecule has 0 heterocycles. The van der Waals surface area contributed by atoms with E-state index >= 15 is 0 Å². The monoisotopic (exact) mass is 305 g/mol. The molecular formula is C12H17BrClNO. The van der Waals surface area contributed by atoms with Gasteiger partial charge in [0.05, 0.1) is 6.10 Å². The maximum Gasteiger partial charge on any atom is 0.0687 e. The molecule has 90 valence electrons. The molecule has 16 heavy (non-hydrogen) atoms. The lowest BCUT2D eigenvalue weighted by Gasteiger charge is -2.15. The topological polar surface area (TPSA) is 32.3 Å². The molecule has 2 nitrogen and oxygen atoms in total. The van der Waals surface area contributed by atoms with Crippen molar-refractivity contribution in [2.75, 3.05) is 6.54 Å². The fourth-order valence-electron chi connectivity index (χ4n) is 1.27. The van der Waals surface area contributed by atoms with Crippen LogP contribution in [-0.4, -0.2) is 17.8 Å². The van der Waals surface area contributed by atoms with Gasteiger partial charge in [-0.3, -0.25) is 0 Å². The lowest BCUT2D eigenvalue weighted by atomic mass is 10.1. The van der Waals surface area contributed by atoms with E-state index in [0.29, 0.717) is 13.1 Å². The van der Waals surface area contributed by atoms with Gasteiger partial charge in [-0.1, -0.05) is 41.4 Å². The smallest absolute Gasteiger partial charge is 0.0687 e. The maximum absolute atomic E-state index is 9.62. The van der Waals surface area contributed by atoms with Crippen LogP contribution in [-0.2, 0) is 6.54 Å². The van der Waals surface area contributed by atoms with Gasteiger partial charge in [-0.05, 0) is 29.7 Å². The second kappa shape index (κ2) is 6.60. The molecule has 0 aromatic heterocycles. The van der Waals surface area contributed by atoms with Crippen LogP contribution in [0.2, 0.25) is 5.02 Å². The van der Waals surface area contributed by atoms with Gasteiger partial charge in [-0.15, -0.1) is 0 Å². The fraction of sp³-hybridized carbons (Fsp3) is 0.500. The number of benzene rings is 1. The summed E-state index contributed by atoms with van der Waals surface area (Å²) >= 11 is 9.46. The molecule has 0 spiro atoms. The third-order valence-corrected chi connectivity index (χ3v) is 3.31. The van der Waals surface area contributed by atoms with Crippen LogP contribution in [0, 0.1) is 5.92 Å². The number of aliphatic hydroxyl groups is 1. The molecule has 0 bridgehead atoms. The first kappa shape index (κ1) is 14.0. The summed E-state index contributed by atoms with van der Waals surface area (Å²) in [5, 5.41) is 13.6. The molecular weight excluding hydrogens is 289 g/mol. The molecule has 0 aliphatic heterocycles. The van der Waals surface area contributed by atoms with Crippen molar-refractivity contribution in [2.45, 2.75) is 26.5 Å². The van der Waals surface area contributed by atoms with Crippen LogP contribution in [0.5, 0.6) is 0 Å². The molecule has 1 rings (SSSR count). The lowest BCUT2D eigenvalue weighted by molar-refractivity contribution is 0.123. The van der Waals surface area contributed by atoms with E-state index in [1.54, 1.807) is 0 Å². The Hall–Kier alpha value is -0.0900. The molecule has 1 aromatic rings. The summed E-state index contributed by atoms with van der Waals surface area (Å²) in [7, 11) is 0. The molecule has 0 amide bonds. The van der Waals surface area contributed by atoms with Gasteiger partial charge in [-0.2, -0.15) is 0 Å². The van der Waals surface area contributed by atoms with E-state index in [0.717, 1.165) is 15.1 Å². The predicted octanol–water partition coefficient (Wildman–Crippen LogP) is 3.21. The zero-order valence-electron chi connectivity index (χ0n) is 9.50. The summed E-state index contributed by atoms with van der Waals surface area (Å²) in [6.07, 6.45) is -0.314. The molecule has 0 saturated heterocycles. The highest BCUT2D eigenvalue weighted by atomic mass is 79.9. The molecule has 2 N–H and O–H groups in total. The number of hydrogen-bond donors (Lipinski definition) is 2. The van der Waals surface area contributed by atoms with Crippen LogP contribution in [0.15, 0.2) is 22.7 Å². The summed E-state index contributed by atoms with van der Waals surface area (Å²) in [6.45, 7) is 5.25. The van der Waals surface area contributed by atoms with Crippen LogP contribution in [0.1, 0.15) is 19.4 Å². The SMILES string of the molecule is CC(C)C(O)CNCc1cc(Br)ccc1Cl. The van der Waals surface area contributed by atoms with Gasteiger partial charge in [0.1, 0.15) is 0 Å². The van der Waals surface area contributed by atoms with Crippen molar-refractivity contribution in [3.05, 3.63) is 33.3 Å². The average molecular weight is 307 g/mol. The van der Waals surface area contributed by atoms with Crippen molar-refractivity contribution in [1.29, 1.82) is 0 Å². The van der Waals surface area contributed by atoms with E-state index in [-0.39, 0.29) is 12.0 Å². The van der Waals surface area contributed by atoms with E-state index in [2.05, 4.69) is 21.2 Å².